The van der Waals surface area contributed by atoms with Crippen LogP contribution in [0.5, 0.6) is 0 Å². The van der Waals surface area contributed by atoms with Crippen molar-refractivity contribution in [2.75, 3.05) is 6.54 Å². The second kappa shape index (κ2) is 3.09. The Kier molecular flexibility index (Phi) is 1.95. The molecule has 1 atom stereocenters. The third-order valence-electron chi connectivity index (χ3n) is 2.22. The van der Waals surface area contributed by atoms with Gasteiger partial charge in [0.05, 0.1) is 6.04 Å². The number of nitrogens with one attached hydrogen (secondary N) is 1. The molecule has 1 aliphatic rings. The molecule has 2 heteroatoms. The molecule has 0 saturated carbocycles. The predicted octanol–water partition coefficient (Wildman–Crippen LogP) is 1.84. The van der Waals surface area contributed by atoms with Gasteiger partial charge in [0.1, 0.15) is 0 Å². The zero-order valence-corrected chi connectivity index (χ0v) is 6.59. The van der Waals surface area contributed by atoms with Gasteiger partial charge in [0.2, 0.25) is 0 Å². The Morgan fingerprint density at radius 1 is 1.45 bits per heavy atom. The van der Waals surface area contributed by atoms with E-state index in [0.29, 0.717) is 6.04 Å². The van der Waals surface area contributed by atoms with Crippen molar-refractivity contribution in [3.63, 3.8) is 0 Å². The van der Waals surface area contributed by atoms with Gasteiger partial charge in [0, 0.05) is 18.4 Å². The highest BCUT2D eigenvalue weighted by Crippen LogP contribution is 2.22. The van der Waals surface area contributed by atoms with Crippen LogP contribution in [0.4, 0.5) is 0 Å². The molecule has 1 fully saturated rings. The van der Waals surface area contributed by atoms with Crippen molar-refractivity contribution < 1.29 is 0 Å². The van der Waals surface area contributed by atoms with Gasteiger partial charge in [-0.3, -0.25) is 0 Å². The van der Waals surface area contributed by atoms with E-state index in [4.69, 9.17) is 0 Å². The maximum absolute atomic E-state index is 4.54. The lowest BCUT2D eigenvalue weighted by molar-refractivity contribution is 0.398. The molecule has 59 valence electrons. The van der Waals surface area contributed by atoms with Crippen molar-refractivity contribution in [2.24, 2.45) is 0 Å². The van der Waals surface area contributed by atoms with Gasteiger partial charge in [-0.25, -0.2) is 5.32 Å². The summed E-state index contributed by atoms with van der Waals surface area (Å²) < 4.78 is 0. The van der Waals surface area contributed by atoms with Crippen molar-refractivity contribution in [1.82, 2.24) is 10.3 Å². The van der Waals surface area contributed by atoms with E-state index in [0.717, 1.165) is 6.54 Å². The molecule has 2 heterocycles. The van der Waals surface area contributed by atoms with E-state index in [1.54, 1.807) is 0 Å². The first kappa shape index (κ1) is 6.92. The highest BCUT2D eigenvalue weighted by atomic mass is 14.9. The molecule has 0 aromatic carbocycles. The third kappa shape index (κ3) is 1.46. The molecule has 11 heavy (non-hydrogen) atoms. The molecule has 1 radical (unpaired) electrons. The molecule has 0 bridgehead atoms. The maximum atomic E-state index is 4.54. The Labute approximate surface area is 67.0 Å². The summed E-state index contributed by atoms with van der Waals surface area (Å²) in [6, 6.07) is 4.62. The first-order valence-electron chi connectivity index (χ1n) is 4.27. The smallest absolute Gasteiger partial charge is 0.0645 e. The summed E-state index contributed by atoms with van der Waals surface area (Å²) >= 11 is 0. The maximum Gasteiger partial charge on any atom is 0.0645 e. The number of hydrogen-bond acceptors (Lipinski definition) is 0. The molecule has 1 aromatic rings. The molecule has 2 rings (SSSR count). The third-order valence-corrected chi connectivity index (χ3v) is 2.22. The lowest BCUT2D eigenvalue weighted by Crippen LogP contribution is -2.20. The Hall–Kier alpha value is -0.760. The number of nitrogens with zero attached hydrogens (tertiary/aromatic N) is 1. The van der Waals surface area contributed by atoms with Gasteiger partial charge in [0.25, 0.3) is 0 Å². The van der Waals surface area contributed by atoms with E-state index >= 15 is 0 Å². The van der Waals surface area contributed by atoms with E-state index in [1.807, 2.05) is 12.3 Å². The fraction of sp³-hybridized carbons (Fsp3) is 0.556. The summed E-state index contributed by atoms with van der Waals surface area (Å²) in [4.78, 5) is 3.21. The summed E-state index contributed by atoms with van der Waals surface area (Å²) in [5, 5.41) is 4.54. The summed E-state index contributed by atoms with van der Waals surface area (Å²) in [6.07, 6.45) is 5.80. The second-order valence-electron chi connectivity index (χ2n) is 3.04. The van der Waals surface area contributed by atoms with Crippen LogP contribution in [-0.4, -0.2) is 11.5 Å². The standard InChI is InChI=1S/C9H13N2/c1-2-6-10-8(4-1)9-5-3-7-11-9/h3,5,7-8,11H,1-2,4,6H2. The summed E-state index contributed by atoms with van der Waals surface area (Å²) in [7, 11) is 0. The average Bonchev–Trinajstić information content (AvgIpc) is 2.58. The largest absolute Gasteiger partial charge is 0.364 e. The van der Waals surface area contributed by atoms with Crippen LogP contribution in [0.15, 0.2) is 18.3 Å². The van der Waals surface area contributed by atoms with Crippen LogP contribution in [0.3, 0.4) is 0 Å². The van der Waals surface area contributed by atoms with E-state index in [-0.39, 0.29) is 0 Å². The summed E-state index contributed by atoms with van der Waals surface area (Å²) in [5.41, 5.74) is 1.28. The normalized spacial score (nSPS) is 25.3. The minimum Gasteiger partial charge on any atom is -0.364 e. The number of H-pyrrole nitrogens is 1. The molecule has 2 nitrogen and oxygen atoms in total. The van der Waals surface area contributed by atoms with Gasteiger partial charge >= 0.3 is 0 Å². The van der Waals surface area contributed by atoms with Crippen molar-refractivity contribution in [2.45, 2.75) is 25.3 Å². The first-order chi connectivity index (χ1) is 5.47. The molecule has 1 aliphatic heterocycles. The lowest BCUT2D eigenvalue weighted by Gasteiger charge is -2.20. The predicted molar refractivity (Wildman–Crippen MR) is 44.4 cm³/mol. The Morgan fingerprint density at radius 3 is 3.09 bits per heavy atom. The monoisotopic (exact) mass is 149 g/mol. The number of hydrogen-bond donors (Lipinski definition) is 1. The van der Waals surface area contributed by atoms with Crippen LogP contribution >= 0.6 is 0 Å². The lowest BCUT2D eigenvalue weighted by atomic mass is 10.0. The first-order valence-corrected chi connectivity index (χ1v) is 4.27. The molecule has 0 amide bonds. The van der Waals surface area contributed by atoms with E-state index in [9.17, 15) is 0 Å². The van der Waals surface area contributed by atoms with Crippen LogP contribution < -0.4 is 5.32 Å². The number of rotatable bonds is 1. The van der Waals surface area contributed by atoms with Gasteiger partial charge in [0.15, 0.2) is 0 Å². The van der Waals surface area contributed by atoms with Crippen LogP contribution in [0.25, 0.3) is 0 Å². The fourth-order valence-corrected chi connectivity index (χ4v) is 1.59. The Bertz CT molecular complexity index is 197. The molecule has 0 spiro atoms. The molecule has 1 saturated heterocycles. The van der Waals surface area contributed by atoms with Gasteiger partial charge in [-0.2, -0.15) is 0 Å². The van der Waals surface area contributed by atoms with Crippen LogP contribution in [-0.2, 0) is 0 Å². The van der Waals surface area contributed by atoms with Crippen LogP contribution in [0.1, 0.15) is 31.0 Å². The average molecular weight is 149 g/mol. The minimum atomic E-state index is 0.457. The number of aromatic amines is 1. The molecule has 0 aliphatic carbocycles. The zero-order valence-electron chi connectivity index (χ0n) is 6.59. The van der Waals surface area contributed by atoms with Gasteiger partial charge in [-0.05, 0) is 25.0 Å². The summed E-state index contributed by atoms with van der Waals surface area (Å²) in [5.74, 6) is 0. The quantitative estimate of drug-likeness (QED) is 0.631. The van der Waals surface area contributed by atoms with Gasteiger partial charge in [-0.15, -0.1) is 0 Å². The van der Waals surface area contributed by atoms with Crippen molar-refractivity contribution >= 4 is 0 Å². The highest BCUT2D eigenvalue weighted by molar-refractivity contribution is 5.09. The molecule has 1 unspecified atom stereocenters. The minimum absolute atomic E-state index is 0.457. The molecule has 1 aromatic heterocycles. The molecular formula is C9H13N2. The van der Waals surface area contributed by atoms with Gasteiger partial charge < -0.3 is 4.98 Å². The zero-order chi connectivity index (χ0) is 7.52. The van der Waals surface area contributed by atoms with Crippen molar-refractivity contribution in [1.29, 1.82) is 0 Å². The van der Waals surface area contributed by atoms with Crippen molar-refractivity contribution in [3.05, 3.63) is 24.0 Å². The molecule has 1 N–H and O–H groups in total. The Balaban J connectivity index is 2.04. The van der Waals surface area contributed by atoms with E-state index in [2.05, 4.69) is 16.4 Å². The van der Waals surface area contributed by atoms with Gasteiger partial charge in [-0.1, -0.05) is 6.42 Å². The second-order valence-corrected chi connectivity index (χ2v) is 3.04. The SMILES string of the molecule is c1c[nH]c(C2CCCC[N]2)c1. The van der Waals surface area contributed by atoms with E-state index in [1.165, 1.54) is 25.0 Å². The topological polar surface area (TPSA) is 29.9 Å². The number of piperidine rings is 1. The fourth-order valence-electron chi connectivity index (χ4n) is 1.59. The van der Waals surface area contributed by atoms with Crippen LogP contribution in [0.2, 0.25) is 0 Å². The highest BCUT2D eigenvalue weighted by Gasteiger charge is 2.15. The number of aromatic nitrogens is 1. The van der Waals surface area contributed by atoms with Crippen molar-refractivity contribution in [3.8, 4) is 0 Å². The van der Waals surface area contributed by atoms with E-state index < -0.39 is 0 Å². The Morgan fingerprint density at radius 2 is 2.45 bits per heavy atom. The molecular weight excluding hydrogens is 136 g/mol. The summed E-state index contributed by atoms with van der Waals surface area (Å²) in [6.45, 7) is 1.05. The van der Waals surface area contributed by atoms with Crippen LogP contribution in [0, 0.1) is 0 Å².